The molecule has 0 saturated carbocycles. The Bertz CT molecular complexity index is 466. The second-order valence-corrected chi connectivity index (χ2v) is 6.07. The SMILES string of the molecule is CCCCCCCCCC(O)(C=C(C)C(=O)O)OC=C(C)C(=O)O. The number of rotatable bonds is 13. The van der Waals surface area contributed by atoms with E-state index in [4.69, 9.17) is 14.9 Å². The molecular formula is C18H30O6. The van der Waals surface area contributed by atoms with Gasteiger partial charge in [-0.05, 0) is 26.3 Å². The first-order valence-corrected chi connectivity index (χ1v) is 8.45. The summed E-state index contributed by atoms with van der Waals surface area (Å²) in [5.41, 5.74) is -0.129. The van der Waals surface area contributed by atoms with Crippen LogP contribution in [0.5, 0.6) is 0 Å². The number of unbranched alkanes of at least 4 members (excludes halogenated alkanes) is 6. The first-order valence-electron chi connectivity index (χ1n) is 8.45. The van der Waals surface area contributed by atoms with Gasteiger partial charge in [-0.3, -0.25) is 0 Å². The molecule has 0 saturated heterocycles. The van der Waals surface area contributed by atoms with E-state index in [-0.39, 0.29) is 17.6 Å². The van der Waals surface area contributed by atoms with Gasteiger partial charge >= 0.3 is 11.9 Å². The van der Waals surface area contributed by atoms with Crippen molar-refractivity contribution in [3.8, 4) is 0 Å². The molecule has 0 aliphatic carbocycles. The molecule has 1 atom stereocenters. The van der Waals surface area contributed by atoms with E-state index in [0.717, 1.165) is 31.6 Å². The minimum absolute atomic E-state index is 0.0539. The number of carboxylic acids is 2. The van der Waals surface area contributed by atoms with Gasteiger partial charge in [0.1, 0.15) is 0 Å². The number of ether oxygens (including phenoxy) is 1. The summed E-state index contributed by atoms with van der Waals surface area (Å²) in [6.07, 6.45) is 9.60. The lowest BCUT2D eigenvalue weighted by atomic mass is 10.0. The predicted molar refractivity (Wildman–Crippen MR) is 91.4 cm³/mol. The Morgan fingerprint density at radius 2 is 1.42 bits per heavy atom. The van der Waals surface area contributed by atoms with E-state index >= 15 is 0 Å². The predicted octanol–water partition coefficient (Wildman–Crippen LogP) is 3.85. The summed E-state index contributed by atoms with van der Waals surface area (Å²) in [5, 5.41) is 28.3. The van der Waals surface area contributed by atoms with Crippen LogP contribution in [0.15, 0.2) is 23.5 Å². The number of carbonyl (C=O) groups is 2. The van der Waals surface area contributed by atoms with Gasteiger partial charge in [0.05, 0.1) is 11.8 Å². The third-order valence-corrected chi connectivity index (χ3v) is 3.70. The number of aliphatic hydroxyl groups is 1. The molecule has 138 valence electrons. The van der Waals surface area contributed by atoms with Crippen LogP contribution in [0.4, 0.5) is 0 Å². The van der Waals surface area contributed by atoms with Gasteiger partial charge in [-0.25, -0.2) is 9.59 Å². The Morgan fingerprint density at radius 1 is 0.917 bits per heavy atom. The molecule has 0 bridgehead atoms. The molecule has 0 amide bonds. The van der Waals surface area contributed by atoms with E-state index in [2.05, 4.69) is 6.92 Å². The third kappa shape index (κ3) is 10.0. The molecule has 0 rings (SSSR count). The van der Waals surface area contributed by atoms with Gasteiger partial charge in [0, 0.05) is 12.0 Å². The lowest BCUT2D eigenvalue weighted by Crippen LogP contribution is -2.29. The summed E-state index contributed by atoms with van der Waals surface area (Å²) in [7, 11) is 0. The molecule has 0 aliphatic heterocycles. The van der Waals surface area contributed by atoms with Crippen LogP contribution in [0.25, 0.3) is 0 Å². The second kappa shape index (κ2) is 11.7. The van der Waals surface area contributed by atoms with Crippen LogP contribution in [0.3, 0.4) is 0 Å². The normalized spacial score (nSPS) is 15.0. The van der Waals surface area contributed by atoms with Gasteiger partial charge in [0.2, 0.25) is 5.79 Å². The summed E-state index contributed by atoms with van der Waals surface area (Å²) in [6, 6.07) is 0. The summed E-state index contributed by atoms with van der Waals surface area (Å²) in [5.74, 6) is -4.13. The standard InChI is InChI=1S/C18H30O6/c1-4-5-6-7-8-9-10-11-18(23,12-14(2)16(19)20)24-13-15(3)17(21)22/h12-13,23H,4-11H2,1-3H3,(H,19,20)(H,21,22). The van der Waals surface area contributed by atoms with E-state index in [0.29, 0.717) is 6.42 Å². The molecule has 0 fully saturated rings. The average molecular weight is 342 g/mol. The number of aliphatic carboxylic acids is 2. The molecule has 6 heteroatoms. The maximum absolute atomic E-state index is 11.0. The molecule has 6 nitrogen and oxygen atoms in total. The lowest BCUT2D eigenvalue weighted by molar-refractivity contribution is -0.141. The van der Waals surface area contributed by atoms with Crippen LogP contribution in [0, 0.1) is 0 Å². The molecule has 0 aromatic rings. The molecule has 0 aromatic carbocycles. The third-order valence-electron chi connectivity index (χ3n) is 3.70. The van der Waals surface area contributed by atoms with Gasteiger partial charge in [-0.2, -0.15) is 0 Å². The maximum Gasteiger partial charge on any atom is 0.334 e. The smallest absolute Gasteiger partial charge is 0.334 e. The number of carboxylic acid groups (broad SMARTS) is 2. The van der Waals surface area contributed by atoms with Crippen molar-refractivity contribution in [3.05, 3.63) is 23.5 Å². The summed E-state index contributed by atoms with van der Waals surface area (Å²) >= 11 is 0. The number of hydrogen-bond donors (Lipinski definition) is 3. The highest BCUT2D eigenvalue weighted by Crippen LogP contribution is 2.22. The fourth-order valence-corrected chi connectivity index (χ4v) is 2.14. The Balaban J connectivity index is 4.70. The molecule has 0 aliphatic rings. The highest BCUT2D eigenvalue weighted by Gasteiger charge is 2.26. The monoisotopic (exact) mass is 342 g/mol. The Hall–Kier alpha value is -1.82. The molecule has 0 spiro atoms. The van der Waals surface area contributed by atoms with Crippen LogP contribution in [-0.4, -0.2) is 33.0 Å². The van der Waals surface area contributed by atoms with Crippen molar-refractivity contribution in [2.45, 2.75) is 77.9 Å². The minimum Gasteiger partial charge on any atom is -0.478 e. The highest BCUT2D eigenvalue weighted by molar-refractivity contribution is 5.86. The van der Waals surface area contributed by atoms with Crippen LogP contribution in [-0.2, 0) is 14.3 Å². The lowest BCUT2D eigenvalue weighted by Gasteiger charge is -2.25. The number of hydrogen-bond acceptors (Lipinski definition) is 4. The Kier molecular flexibility index (Phi) is 10.8. The van der Waals surface area contributed by atoms with Crippen molar-refractivity contribution in [3.63, 3.8) is 0 Å². The molecule has 0 heterocycles. The van der Waals surface area contributed by atoms with Gasteiger partial charge < -0.3 is 20.1 Å². The largest absolute Gasteiger partial charge is 0.478 e. The van der Waals surface area contributed by atoms with E-state index in [1.807, 2.05) is 0 Å². The van der Waals surface area contributed by atoms with Crippen LogP contribution in [0.1, 0.15) is 72.1 Å². The van der Waals surface area contributed by atoms with Crippen molar-refractivity contribution in [1.29, 1.82) is 0 Å². The fourth-order valence-electron chi connectivity index (χ4n) is 2.14. The molecule has 0 aromatic heterocycles. The first-order chi connectivity index (χ1) is 11.2. The van der Waals surface area contributed by atoms with Gasteiger partial charge in [0.15, 0.2) is 0 Å². The zero-order chi connectivity index (χ0) is 18.6. The van der Waals surface area contributed by atoms with Crippen molar-refractivity contribution < 1.29 is 29.6 Å². The van der Waals surface area contributed by atoms with Gasteiger partial charge in [-0.1, -0.05) is 45.4 Å². The molecule has 0 radical (unpaired) electrons. The highest BCUT2D eigenvalue weighted by atomic mass is 16.6. The summed E-state index contributed by atoms with van der Waals surface area (Å²) in [6.45, 7) is 4.85. The summed E-state index contributed by atoms with van der Waals surface area (Å²) < 4.78 is 5.19. The van der Waals surface area contributed by atoms with Crippen LogP contribution >= 0.6 is 0 Å². The topological polar surface area (TPSA) is 104 Å². The van der Waals surface area contributed by atoms with Crippen molar-refractivity contribution >= 4 is 11.9 Å². The minimum atomic E-state index is -1.82. The quantitative estimate of drug-likeness (QED) is 0.203. The van der Waals surface area contributed by atoms with Gasteiger partial charge in [0.25, 0.3) is 0 Å². The average Bonchev–Trinajstić information content (AvgIpc) is 2.51. The van der Waals surface area contributed by atoms with E-state index in [9.17, 15) is 14.7 Å². The van der Waals surface area contributed by atoms with E-state index in [1.165, 1.54) is 33.1 Å². The van der Waals surface area contributed by atoms with Crippen LogP contribution < -0.4 is 0 Å². The molecular weight excluding hydrogens is 312 g/mol. The molecule has 1 unspecified atom stereocenters. The Labute approximate surface area is 143 Å². The van der Waals surface area contributed by atoms with E-state index in [1.54, 1.807) is 0 Å². The first kappa shape index (κ1) is 22.2. The Morgan fingerprint density at radius 3 is 1.92 bits per heavy atom. The van der Waals surface area contributed by atoms with Crippen molar-refractivity contribution in [2.75, 3.05) is 0 Å². The summed E-state index contributed by atoms with van der Waals surface area (Å²) in [4.78, 5) is 21.7. The fraction of sp³-hybridized carbons (Fsp3) is 0.667. The van der Waals surface area contributed by atoms with Gasteiger partial charge in [-0.15, -0.1) is 0 Å². The molecule has 24 heavy (non-hydrogen) atoms. The van der Waals surface area contributed by atoms with Crippen LogP contribution in [0.2, 0.25) is 0 Å². The maximum atomic E-state index is 11.0. The van der Waals surface area contributed by atoms with Crippen molar-refractivity contribution in [1.82, 2.24) is 0 Å². The zero-order valence-corrected chi connectivity index (χ0v) is 14.9. The zero-order valence-electron chi connectivity index (χ0n) is 14.9. The van der Waals surface area contributed by atoms with E-state index < -0.39 is 17.7 Å². The molecule has 3 N–H and O–H groups in total. The van der Waals surface area contributed by atoms with Crippen molar-refractivity contribution in [2.24, 2.45) is 0 Å². The second-order valence-electron chi connectivity index (χ2n) is 6.07.